The van der Waals surface area contributed by atoms with E-state index < -0.39 is 21.9 Å². The molecule has 0 bridgehead atoms. The first-order valence-corrected chi connectivity index (χ1v) is 14.3. The molecule has 1 atom stereocenters. The lowest BCUT2D eigenvalue weighted by Crippen LogP contribution is -2.34. The van der Waals surface area contributed by atoms with Crippen molar-refractivity contribution in [3.63, 3.8) is 0 Å². The van der Waals surface area contributed by atoms with Crippen LogP contribution in [0.5, 0.6) is 11.5 Å². The fourth-order valence-corrected chi connectivity index (χ4v) is 6.55. The summed E-state index contributed by atoms with van der Waals surface area (Å²) >= 11 is 1.22. The molecule has 3 heterocycles. The summed E-state index contributed by atoms with van der Waals surface area (Å²) in [4.78, 5) is 29.8. The fourth-order valence-electron chi connectivity index (χ4n) is 4.31. The van der Waals surface area contributed by atoms with Crippen molar-refractivity contribution < 1.29 is 37.0 Å². The van der Waals surface area contributed by atoms with Crippen LogP contribution in [-0.2, 0) is 30.8 Å². The molecule has 1 saturated heterocycles. The molecular weight excluding hydrogens is 534 g/mol. The highest BCUT2D eigenvalue weighted by Crippen LogP contribution is 2.35. The summed E-state index contributed by atoms with van der Waals surface area (Å²) < 4.78 is 51.2. The number of thiazole rings is 1. The van der Waals surface area contributed by atoms with Crippen molar-refractivity contribution in [2.75, 3.05) is 40.5 Å². The maximum Gasteiger partial charge on any atom is 0.325 e. The van der Waals surface area contributed by atoms with Crippen molar-refractivity contribution in [2.24, 2.45) is 4.99 Å². The van der Waals surface area contributed by atoms with E-state index in [9.17, 15) is 18.0 Å². The monoisotopic (exact) mass is 561 g/mol. The number of ether oxygens (including phenoxy) is 4. The Balaban J connectivity index is 1.44. The predicted octanol–water partition coefficient (Wildman–Crippen LogP) is 2.19. The average molecular weight is 562 g/mol. The van der Waals surface area contributed by atoms with E-state index in [4.69, 9.17) is 18.9 Å². The number of methoxy groups -OCH3 is 1. The number of aromatic nitrogens is 1. The first kappa shape index (κ1) is 26.4. The summed E-state index contributed by atoms with van der Waals surface area (Å²) in [6.45, 7) is 1.59. The van der Waals surface area contributed by atoms with Crippen LogP contribution in [0.2, 0.25) is 0 Å². The number of fused-ring (bicyclic) bond motifs is 2. The van der Waals surface area contributed by atoms with E-state index >= 15 is 0 Å². The van der Waals surface area contributed by atoms with Gasteiger partial charge in [0.25, 0.3) is 5.91 Å². The number of carbonyl (C=O) groups is 2. The molecule has 38 heavy (non-hydrogen) atoms. The normalized spacial score (nSPS) is 17.8. The van der Waals surface area contributed by atoms with Gasteiger partial charge in [-0.15, -0.1) is 0 Å². The van der Waals surface area contributed by atoms with Gasteiger partial charge in [0, 0.05) is 37.9 Å². The number of esters is 1. The summed E-state index contributed by atoms with van der Waals surface area (Å²) in [5.41, 5.74) is 0.852. The zero-order chi connectivity index (χ0) is 26.9. The Morgan fingerprint density at radius 3 is 2.50 bits per heavy atom. The number of nitrogens with zero attached hydrogens (tertiary/aromatic N) is 3. The molecule has 5 rings (SSSR count). The second-order valence-electron chi connectivity index (χ2n) is 8.87. The van der Waals surface area contributed by atoms with Gasteiger partial charge >= 0.3 is 5.97 Å². The van der Waals surface area contributed by atoms with Crippen molar-refractivity contribution in [1.82, 2.24) is 8.87 Å². The SMILES string of the molecule is COC(=O)Cn1c(=NC(=O)c2ccc(S(=O)(=O)N(C)CC3CCCO3)cc2)sc2cc3c(cc21)OCCO3. The molecule has 1 fully saturated rings. The van der Waals surface area contributed by atoms with Gasteiger partial charge < -0.3 is 23.5 Å². The zero-order valence-corrected chi connectivity index (χ0v) is 22.5. The Kier molecular flexibility index (Phi) is 7.52. The van der Waals surface area contributed by atoms with Crippen LogP contribution in [0, 0.1) is 0 Å². The van der Waals surface area contributed by atoms with Crippen LogP contribution < -0.4 is 14.3 Å². The van der Waals surface area contributed by atoms with Gasteiger partial charge in [-0.2, -0.15) is 9.30 Å². The Bertz CT molecular complexity index is 1540. The highest BCUT2D eigenvalue weighted by molar-refractivity contribution is 7.89. The highest BCUT2D eigenvalue weighted by atomic mass is 32.2. The molecule has 0 spiro atoms. The van der Waals surface area contributed by atoms with Crippen LogP contribution >= 0.6 is 11.3 Å². The Morgan fingerprint density at radius 1 is 1.13 bits per heavy atom. The number of hydrogen-bond acceptors (Lipinski definition) is 9. The van der Waals surface area contributed by atoms with E-state index in [2.05, 4.69) is 4.99 Å². The van der Waals surface area contributed by atoms with Crippen LogP contribution in [-0.4, -0.2) is 75.8 Å². The van der Waals surface area contributed by atoms with E-state index in [1.165, 1.54) is 54.1 Å². The van der Waals surface area contributed by atoms with Crippen molar-refractivity contribution in [3.8, 4) is 11.5 Å². The molecule has 2 aliphatic rings. The van der Waals surface area contributed by atoms with Gasteiger partial charge in [-0.05, 0) is 37.1 Å². The summed E-state index contributed by atoms with van der Waals surface area (Å²) in [6, 6.07) is 9.17. The van der Waals surface area contributed by atoms with Crippen LogP contribution in [0.1, 0.15) is 23.2 Å². The number of rotatable bonds is 7. The Labute approximate surface area is 223 Å². The molecule has 202 valence electrons. The lowest BCUT2D eigenvalue weighted by atomic mass is 10.2. The number of likely N-dealkylation sites (N-methyl/N-ethyl adjacent to an activating group) is 1. The summed E-state index contributed by atoms with van der Waals surface area (Å²) in [7, 11) is -0.944. The molecule has 2 aliphatic heterocycles. The number of sulfonamides is 1. The molecule has 0 radical (unpaired) electrons. The minimum absolute atomic E-state index is 0.0720. The molecule has 1 unspecified atom stereocenters. The maximum atomic E-state index is 13.1. The van der Waals surface area contributed by atoms with Gasteiger partial charge in [0.05, 0.1) is 28.3 Å². The molecule has 3 aromatic rings. The number of carbonyl (C=O) groups excluding carboxylic acids is 2. The van der Waals surface area contributed by atoms with Crippen molar-refractivity contribution >= 4 is 43.5 Å². The molecule has 1 aromatic heterocycles. The molecule has 11 nitrogen and oxygen atoms in total. The van der Waals surface area contributed by atoms with Gasteiger partial charge in [-0.25, -0.2) is 8.42 Å². The molecule has 0 N–H and O–H groups in total. The van der Waals surface area contributed by atoms with E-state index in [0.717, 1.165) is 17.5 Å². The standard InChI is InChI=1S/C25H27N3O8S2/c1-27(14-17-4-3-9-34-17)38(31,32)18-7-5-16(6-8-18)24(30)26-25-28(15-23(29)33-2)19-12-20-21(13-22(19)37-25)36-11-10-35-20/h5-8,12-13,17H,3-4,9-11,14-15H2,1-2H3. The number of benzene rings is 2. The third-order valence-corrected chi connectivity index (χ3v) is 9.23. The van der Waals surface area contributed by atoms with Crippen LogP contribution in [0.25, 0.3) is 10.2 Å². The second-order valence-corrected chi connectivity index (χ2v) is 11.9. The largest absolute Gasteiger partial charge is 0.486 e. The molecule has 0 saturated carbocycles. The first-order valence-electron chi connectivity index (χ1n) is 12.0. The van der Waals surface area contributed by atoms with E-state index in [1.54, 1.807) is 16.7 Å². The van der Waals surface area contributed by atoms with Gasteiger partial charge in [0.2, 0.25) is 10.0 Å². The Morgan fingerprint density at radius 2 is 1.84 bits per heavy atom. The molecule has 2 aromatic carbocycles. The quantitative estimate of drug-likeness (QED) is 0.402. The highest BCUT2D eigenvalue weighted by Gasteiger charge is 2.26. The van der Waals surface area contributed by atoms with E-state index in [-0.39, 0.29) is 34.5 Å². The van der Waals surface area contributed by atoms with Gasteiger partial charge in [0.1, 0.15) is 19.8 Å². The van der Waals surface area contributed by atoms with Crippen molar-refractivity contribution in [3.05, 3.63) is 46.8 Å². The van der Waals surface area contributed by atoms with Crippen molar-refractivity contribution in [2.45, 2.75) is 30.4 Å². The van der Waals surface area contributed by atoms with Crippen molar-refractivity contribution in [1.29, 1.82) is 0 Å². The minimum atomic E-state index is -3.74. The lowest BCUT2D eigenvalue weighted by molar-refractivity contribution is -0.141. The molecule has 0 aliphatic carbocycles. The fraction of sp³-hybridized carbons (Fsp3) is 0.400. The molecular formula is C25H27N3O8S2. The molecule has 13 heteroatoms. The average Bonchev–Trinajstić information content (AvgIpc) is 3.55. The van der Waals surface area contributed by atoms with Crippen LogP contribution in [0.15, 0.2) is 46.3 Å². The number of amides is 1. The van der Waals surface area contributed by atoms with Gasteiger partial charge in [-0.1, -0.05) is 11.3 Å². The summed E-state index contributed by atoms with van der Waals surface area (Å²) in [6.07, 6.45) is 1.63. The van der Waals surface area contributed by atoms with Crippen LogP contribution in [0.4, 0.5) is 0 Å². The van der Waals surface area contributed by atoms with Gasteiger partial charge in [0.15, 0.2) is 16.3 Å². The summed E-state index contributed by atoms with van der Waals surface area (Å²) in [5.74, 6) is 0.0351. The second kappa shape index (κ2) is 10.8. The topological polar surface area (TPSA) is 126 Å². The summed E-state index contributed by atoms with van der Waals surface area (Å²) in [5, 5.41) is 0. The third-order valence-electron chi connectivity index (χ3n) is 6.35. The lowest BCUT2D eigenvalue weighted by Gasteiger charge is -2.20. The maximum absolute atomic E-state index is 13.1. The Hall–Kier alpha value is -3.26. The third kappa shape index (κ3) is 5.32. The zero-order valence-electron chi connectivity index (χ0n) is 20.9. The predicted molar refractivity (Wildman–Crippen MR) is 138 cm³/mol. The smallest absolute Gasteiger partial charge is 0.325 e. The van der Waals surface area contributed by atoms with E-state index in [0.29, 0.717) is 36.8 Å². The van der Waals surface area contributed by atoms with Gasteiger partial charge in [-0.3, -0.25) is 9.59 Å². The van der Waals surface area contributed by atoms with E-state index in [1.807, 2.05) is 0 Å². The first-order chi connectivity index (χ1) is 18.3. The van der Waals surface area contributed by atoms with Crippen LogP contribution in [0.3, 0.4) is 0 Å². The minimum Gasteiger partial charge on any atom is -0.486 e. The number of hydrogen-bond donors (Lipinski definition) is 0. The molecule has 1 amide bonds.